The first-order valence-electron chi connectivity index (χ1n) is 11.0. The standard InChI is InChI=1S/C23H25N7O2/c1-2-21(31)29-12-4-6-20(29)23(32)25-10-7-15-13-17-16(8-11-24-22(17)28-15)18-14-27-30-19(18)5-3-9-26-30/h3,5,8-9,11,13-14,20H,2,4,6-7,10,12H2,1H3,(H,24,28)(H,25,32)/t20-/m0/s1. The monoisotopic (exact) mass is 431 g/mol. The van der Waals surface area contributed by atoms with E-state index < -0.39 is 0 Å². The van der Waals surface area contributed by atoms with Gasteiger partial charge in [0.25, 0.3) is 0 Å². The SMILES string of the molecule is CCC(=O)N1CCC[C@H]1C(=O)NCCc1cc2c(-c3cnn4ncccc34)ccnc2[nH]1. The van der Waals surface area contributed by atoms with Gasteiger partial charge < -0.3 is 15.2 Å². The number of amides is 2. The molecule has 1 atom stereocenters. The number of nitrogens with zero attached hydrogens (tertiary/aromatic N) is 5. The third-order valence-corrected chi connectivity index (χ3v) is 6.05. The molecule has 9 nitrogen and oxygen atoms in total. The van der Waals surface area contributed by atoms with Crippen LogP contribution in [0.5, 0.6) is 0 Å². The molecule has 1 fully saturated rings. The summed E-state index contributed by atoms with van der Waals surface area (Å²) in [5, 5.41) is 12.6. The summed E-state index contributed by atoms with van der Waals surface area (Å²) in [6, 6.07) is 7.59. The minimum Gasteiger partial charge on any atom is -0.354 e. The Morgan fingerprint density at radius 3 is 3.00 bits per heavy atom. The zero-order valence-electron chi connectivity index (χ0n) is 17.9. The van der Waals surface area contributed by atoms with Crippen molar-refractivity contribution in [2.45, 2.75) is 38.6 Å². The second-order valence-electron chi connectivity index (χ2n) is 8.01. The third-order valence-electron chi connectivity index (χ3n) is 6.05. The van der Waals surface area contributed by atoms with Crippen LogP contribution >= 0.6 is 0 Å². The molecule has 0 aliphatic carbocycles. The Labute approximate surface area is 184 Å². The quantitative estimate of drug-likeness (QED) is 0.487. The van der Waals surface area contributed by atoms with Gasteiger partial charge in [0, 0.05) is 55.0 Å². The smallest absolute Gasteiger partial charge is 0.242 e. The lowest BCUT2D eigenvalue weighted by molar-refractivity contribution is -0.138. The number of fused-ring (bicyclic) bond motifs is 2. The van der Waals surface area contributed by atoms with Crippen molar-refractivity contribution < 1.29 is 9.59 Å². The van der Waals surface area contributed by atoms with Crippen molar-refractivity contribution in [2.75, 3.05) is 13.1 Å². The molecule has 9 heteroatoms. The van der Waals surface area contributed by atoms with Crippen molar-refractivity contribution in [1.29, 1.82) is 0 Å². The molecular formula is C23H25N7O2. The number of H-pyrrole nitrogens is 1. The first kappa shape index (κ1) is 20.2. The molecular weight excluding hydrogens is 406 g/mol. The van der Waals surface area contributed by atoms with Crippen LogP contribution in [0.15, 0.2) is 42.9 Å². The van der Waals surface area contributed by atoms with Gasteiger partial charge in [0.15, 0.2) is 0 Å². The van der Waals surface area contributed by atoms with E-state index in [1.165, 1.54) is 0 Å². The normalized spacial score (nSPS) is 16.2. The number of aromatic amines is 1. The van der Waals surface area contributed by atoms with Gasteiger partial charge in [-0.1, -0.05) is 6.92 Å². The molecule has 5 heterocycles. The Balaban J connectivity index is 1.31. The predicted octanol–water partition coefficient (Wildman–Crippen LogP) is 2.33. The van der Waals surface area contributed by atoms with Crippen molar-refractivity contribution in [2.24, 2.45) is 0 Å². The number of rotatable bonds is 6. The fourth-order valence-corrected chi connectivity index (χ4v) is 4.47. The second-order valence-corrected chi connectivity index (χ2v) is 8.01. The van der Waals surface area contributed by atoms with E-state index in [0.29, 0.717) is 25.9 Å². The zero-order valence-corrected chi connectivity index (χ0v) is 17.9. The van der Waals surface area contributed by atoms with Crippen LogP contribution in [0.4, 0.5) is 0 Å². The lowest BCUT2D eigenvalue weighted by atomic mass is 10.1. The third kappa shape index (κ3) is 3.59. The van der Waals surface area contributed by atoms with Crippen LogP contribution in [-0.2, 0) is 16.0 Å². The molecule has 1 aliphatic heterocycles. The van der Waals surface area contributed by atoms with E-state index in [0.717, 1.165) is 46.2 Å². The molecule has 5 rings (SSSR count). The van der Waals surface area contributed by atoms with Gasteiger partial charge in [-0.2, -0.15) is 14.8 Å². The molecule has 1 saturated heterocycles. The van der Waals surface area contributed by atoms with Crippen molar-refractivity contribution in [1.82, 2.24) is 35.0 Å². The van der Waals surface area contributed by atoms with E-state index >= 15 is 0 Å². The first-order valence-corrected chi connectivity index (χ1v) is 11.0. The molecule has 2 N–H and O–H groups in total. The fraction of sp³-hybridized carbons (Fsp3) is 0.348. The lowest BCUT2D eigenvalue weighted by Gasteiger charge is -2.23. The van der Waals surface area contributed by atoms with Gasteiger partial charge in [0.05, 0.1) is 11.7 Å². The van der Waals surface area contributed by atoms with Gasteiger partial charge in [-0.3, -0.25) is 9.59 Å². The van der Waals surface area contributed by atoms with Crippen molar-refractivity contribution >= 4 is 28.4 Å². The Bertz CT molecular complexity index is 1290. The summed E-state index contributed by atoms with van der Waals surface area (Å²) < 4.78 is 1.61. The Kier molecular flexibility index (Phi) is 5.30. The molecule has 1 aliphatic rings. The van der Waals surface area contributed by atoms with Gasteiger partial charge >= 0.3 is 0 Å². The molecule has 0 saturated carbocycles. The van der Waals surface area contributed by atoms with Crippen molar-refractivity contribution in [3.05, 3.63) is 48.5 Å². The molecule has 0 aromatic carbocycles. The number of hydrogen-bond acceptors (Lipinski definition) is 5. The zero-order chi connectivity index (χ0) is 22.1. The van der Waals surface area contributed by atoms with Gasteiger partial charge in [0.2, 0.25) is 11.8 Å². The van der Waals surface area contributed by atoms with Gasteiger partial charge in [-0.15, -0.1) is 0 Å². The highest BCUT2D eigenvalue weighted by Crippen LogP contribution is 2.30. The minimum absolute atomic E-state index is 0.0414. The number of carbonyl (C=O) groups excluding carboxylic acids is 2. The van der Waals surface area contributed by atoms with Crippen LogP contribution in [0, 0.1) is 0 Å². The van der Waals surface area contributed by atoms with Gasteiger partial charge in [-0.25, -0.2) is 4.98 Å². The maximum Gasteiger partial charge on any atom is 0.242 e. The summed E-state index contributed by atoms with van der Waals surface area (Å²) in [7, 11) is 0. The number of hydrogen-bond donors (Lipinski definition) is 2. The predicted molar refractivity (Wildman–Crippen MR) is 120 cm³/mol. The van der Waals surface area contributed by atoms with E-state index in [1.54, 1.807) is 21.9 Å². The number of nitrogens with one attached hydrogen (secondary N) is 2. The average molecular weight is 432 g/mol. The second kappa shape index (κ2) is 8.41. The molecule has 0 unspecified atom stereocenters. The van der Waals surface area contributed by atoms with Crippen LogP contribution in [-0.4, -0.2) is 60.6 Å². The van der Waals surface area contributed by atoms with E-state index in [1.807, 2.05) is 31.3 Å². The molecule has 0 bridgehead atoms. The van der Waals surface area contributed by atoms with Gasteiger partial charge in [-0.05, 0) is 42.7 Å². The maximum absolute atomic E-state index is 12.6. The maximum atomic E-state index is 12.6. The minimum atomic E-state index is -0.345. The Morgan fingerprint density at radius 2 is 2.12 bits per heavy atom. The Hall–Kier alpha value is -3.75. The summed E-state index contributed by atoms with van der Waals surface area (Å²) in [5.74, 6) is -0.0298. The number of carbonyl (C=O) groups is 2. The molecule has 164 valence electrons. The van der Waals surface area contributed by atoms with E-state index in [9.17, 15) is 9.59 Å². The summed E-state index contributed by atoms with van der Waals surface area (Å²) >= 11 is 0. The average Bonchev–Trinajstić information content (AvgIpc) is 3.55. The summed E-state index contributed by atoms with van der Waals surface area (Å²) in [4.78, 5) is 34.2. The molecule has 0 spiro atoms. The van der Waals surface area contributed by atoms with Crippen molar-refractivity contribution in [3.8, 4) is 11.1 Å². The highest BCUT2D eigenvalue weighted by Gasteiger charge is 2.32. The highest BCUT2D eigenvalue weighted by molar-refractivity contribution is 5.97. The Morgan fingerprint density at radius 1 is 1.22 bits per heavy atom. The van der Waals surface area contributed by atoms with E-state index in [4.69, 9.17) is 0 Å². The molecule has 4 aromatic heterocycles. The fourth-order valence-electron chi connectivity index (χ4n) is 4.47. The topological polar surface area (TPSA) is 108 Å². The van der Waals surface area contributed by atoms with Crippen LogP contribution in [0.3, 0.4) is 0 Å². The number of likely N-dealkylation sites (tertiary alicyclic amines) is 1. The molecule has 32 heavy (non-hydrogen) atoms. The summed E-state index contributed by atoms with van der Waals surface area (Å²) in [5.41, 5.74) is 4.73. The van der Waals surface area contributed by atoms with E-state index in [-0.39, 0.29) is 17.9 Å². The number of pyridine rings is 1. The molecule has 4 aromatic rings. The summed E-state index contributed by atoms with van der Waals surface area (Å²) in [6.45, 7) is 2.99. The highest BCUT2D eigenvalue weighted by atomic mass is 16.2. The van der Waals surface area contributed by atoms with Gasteiger partial charge in [0.1, 0.15) is 11.7 Å². The van der Waals surface area contributed by atoms with Crippen LogP contribution in [0.2, 0.25) is 0 Å². The summed E-state index contributed by atoms with van der Waals surface area (Å²) in [6.07, 6.45) is 7.97. The lowest BCUT2D eigenvalue weighted by Crippen LogP contribution is -2.46. The molecule has 2 amide bonds. The largest absolute Gasteiger partial charge is 0.354 e. The molecule has 0 radical (unpaired) electrons. The van der Waals surface area contributed by atoms with Crippen LogP contribution < -0.4 is 5.32 Å². The number of aromatic nitrogens is 5. The first-order chi connectivity index (χ1) is 15.7. The van der Waals surface area contributed by atoms with Crippen molar-refractivity contribution in [3.63, 3.8) is 0 Å². The van der Waals surface area contributed by atoms with Crippen LogP contribution in [0.25, 0.3) is 27.7 Å². The van der Waals surface area contributed by atoms with E-state index in [2.05, 4.69) is 31.5 Å². The van der Waals surface area contributed by atoms with Crippen LogP contribution in [0.1, 0.15) is 31.9 Å².